The fourth-order valence-electron chi connectivity index (χ4n) is 2.70. The Hall–Kier alpha value is -1.76. The summed E-state index contributed by atoms with van der Waals surface area (Å²) in [6.07, 6.45) is -4.16. The molecule has 120 valence electrons. The average molecular weight is 314 g/mol. The van der Waals surface area contributed by atoms with Gasteiger partial charge in [0.25, 0.3) is 0 Å². The second-order valence-corrected chi connectivity index (χ2v) is 5.80. The number of carbonyl (C=O) groups excluding carboxylic acids is 1. The van der Waals surface area contributed by atoms with Crippen LogP contribution in [0.15, 0.2) is 24.3 Å². The van der Waals surface area contributed by atoms with Gasteiger partial charge in [0.05, 0.1) is 0 Å². The summed E-state index contributed by atoms with van der Waals surface area (Å²) in [6.45, 7) is 2.42. The second-order valence-electron chi connectivity index (χ2n) is 5.80. The number of ether oxygens (including phenoxy) is 1. The van der Waals surface area contributed by atoms with Gasteiger partial charge in [0.15, 0.2) is 0 Å². The van der Waals surface area contributed by atoms with Crippen molar-refractivity contribution in [3.05, 3.63) is 29.8 Å². The highest BCUT2D eigenvalue weighted by molar-refractivity contribution is 5.83. The van der Waals surface area contributed by atoms with Crippen molar-refractivity contribution in [3.63, 3.8) is 0 Å². The van der Waals surface area contributed by atoms with Gasteiger partial charge in [-0.25, -0.2) is 0 Å². The van der Waals surface area contributed by atoms with Crippen molar-refractivity contribution >= 4 is 5.91 Å². The highest BCUT2D eigenvalue weighted by Crippen LogP contribution is 2.51. The number of amides is 1. The van der Waals surface area contributed by atoms with Crippen LogP contribution in [0.5, 0.6) is 5.75 Å². The molecule has 22 heavy (non-hydrogen) atoms. The van der Waals surface area contributed by atoms with E-state index >= 15 is 0 Å². The number of nitrogens with one attached hydrogen (secondary N) is 2. The molecule has 2 N–H and O–H groups in total. The van der Waals surface area contributed by atoms with Crippen LogP contribution in [0.3, 0.4) is 0 Å². The Labute approximate surface area is 126 Å². The third kappa shape index (κ3) is 3.52. The Bertz CT molecular complexity index is 558. The Balaban J connectivity index is 1.60. The summed E-state index contributed by atoms with van der Waals surface area (Å²) in [5.74, 6) is -0.289. The van der Waals surface area contributed by atoms with Crippen LogP contribution >= 0.6 is 0 Å². The first-order chi connectivity index (χ1) is 10.4. The Morgan fingerprint density at radius 2 is 2.05 bits per heavy atom. The zero-order valence-corrected chi connectivity index (χ0v) is 11.8. The topological polar surface area (TPSA) is 50.4 Å². The minimum absolute atomic E-state index is 0.0845. The number of para-hydroxylation sites is 1. The number of alkyl halides is 3. The second kappa shape index (κ2) is 5.79. The van der Waals surface area contributed by atoms with Crippen LogP contribution in [0.1, 0.15) is 17.9 Å². The van der Waals surface area contributed by atoms with Gasteiger partial charge in [-0.2, -0.15) is 0 Å². The normalized spacial score (nSPS) is 24.5. The molecule has 1 heterocycles. The van der Waals surface area contributed by atoms with Crippen LogP contribution in [0.4, 0.5) is 13.2 Å². The minimum atomic E-state index is -4.72. The van der Waals surface area contributed by atoms with Crippen molar-refractivity contribution in [3.8, 4) is 5.75 Å². The Kier molecular flexibility index (Phi) is 3.99. The summed E-state index contributed by atoms with van der Waals surface area (Å²) < 4.78 is 41.3. The number of benzene rings is 1. The van der Waals surface area contributed by atoms with Crippen LogP contribution in [0.25, 0.3) is 0 Å². The molecule has 1 saturated heterocycles. The van der Waals surface area contributed by atoms with E-state index in [0.29, 0.717) is 24.4 Å². The van der Waals surface area contributed by atoms with E-state index in [1.54, 1.807) is 12.1 Å². The minimum Gasteiger partial charge on any atom is -0.405 e. The molecule has 0 radical (unpaired) electrons. The van der Waals surface area contributed by atoms with Crippen LogP contribution in [0.2, 0.25) is 0 Å². The predicted molar refractivity (Wildman–Crippen MR) is 73.3 cm³/mol. The largest absolute Gasteiger partial charge is 0.573 e. The van der Waals surface area contributed by atoms with Gasteiger partial charge in [-0.15, -0.1) is 13.2 Å². The summed E-state index contributed by atoms with van der Waals surface area (Å²) in [4.78, 5) is 12.0. The van der Waals surface area contributed by atoms with Crippen molar-refractivity contribution in [2.24, 2.45) is 11.8 Å². The zero-order valence-electron chi connectivity index (χ0n) is 11.8. The van der Waals surface area contributed by atoms with Gasteiger partial charge in [-0.3, -0.25) is 4.79 Å². The molecular formula is C15H17F3N2O2. The van der Waals surface area contributed by atoms with Crippen LogP contribution in [0, 0.1) is 11.8 Å². The fourth-order valence-corrected chi connectivity index (χ4v) is 2.70. The van der Waals surface area contributed by atoms with Crippen LogP contribution in [-0.2, 0) is 4.79 Å². The number of hydrogen-bond donors (Lipinski definition) is 2. The fraction of sp³-hybridized carbons (Fsp3) is 0.533. The highest BCUT2D eigenvalue weighted by atomic mass is 19.4. The third-order valence-corrected chi connectivity index (χ3v) is 4.10. The number of carbonyl (C=O) groups is 1. The maximum atomic E-state index is 12.4. The summed E-state index contributed by atoms with van der Waals surface area (Å²) >= 11 is 0. The quantitative estimate of drug-likeness (QED) is 0.874. The van der Waals surface area contributed by atoms with Gasteiger partial charge in [-0.1, -0.05) is 18.2 Å². The summed E-state index contributed by atoms with van der Waals surface area (Å²) in [7, 11) is 0. The molecule has 7 heteroatoms. The monoisotopic (exact) mass is 314 g/mol. The smallest absolute Gasteiger partial charge is 0.405 e. The molecule has 0 bridgehead atoms. The molecule has 1 aromatic carbocycles. The SMILES string of the molecule is O=C(NCC1CNC1)C1CC1c1ccccc1OC(F)(F)F. The molecule has 2 fully saturated rings. The Morgan fingerprint density at radius 1 is 1.32 bits per heavy atom. The Morgan fingerprint density at radius 3 is 2.68 bits per heavy atom. The molecule has 2 aliphatic rings. The van der Waals surface area contributed by atoms with E-state index in [1.807, 2.05) is 0 Å². The van der Waals surface area contributed by atoms with Crippen molar-refractivity contribution < 1.29 is 22.7 Å². The van der Waals surface area contributed by atoms with E-state index in [-0.39, 0.29) is 23.5 Å². The van der Waals surface area contributed by atoms with E-state index in [1.165, 1.54) is 12.1 Å². The molecule has 1 aliphatic heterocycles. The summed E-state index contributed by atoms with van der Waals surface area (Å²) in [5, 5.41) is 5.99. The van der Waals surface area contributed by atoms with E-state index in [4.69, 9.17) is 0 Å². The van der Waals surface area contributed by atoms with Gasteiger partial charge in [0, 0.05) is 31.5 Å². The highest BCUT2D eigenvalue weighted by Gasteiger charge is 2.46. The van der Waals surface area contributed by atoms with Gasteiger partial charge in [0.2, 0.25) is 5.91 Å². The number of rotatable bonds is 5. The third-order valence-electron chi connectivity index (χ3n) is 4.10. The molecule has 3 rings (SSSR count). The van der Waals surface area contributed by atoms with Gasteiger partial charge >= 0.3 is 6.36 Å². The maximum Gasteiger partial charge on any atom is 0.573 e. The van der Waals surface area contributed by atoms with Crippen molar-refractivity contribution in [1.29, 1.82) is 0 Å². The van der Waals surface area contributed by atoms with E-state index in [9.17, 15) is 18.0 Å². The van der Waals surface area contributed by atoms with E-state index in [2.05, 4.69) is 15.4 Å². The lowest BCUT2D eigenvalue weighted by atomic mass is 10.0. The summed E-state index contributed by atoms with van der Waals surface area (Å²) in [5.41, 5.74) is 0.449. The average Bonchev–Trinajstić information content (AvgIpc) is 3.15. The maximum absolute atomic E-state index is 12.4. The molecule has 1 aromatic rings. The lowest BCUT2D eigenvalue weighted by Gasteiger charge is -2.27. The van der Waals surface area contributed by atoms with E-state index in [0.717, 1.165) is 13.1 Å². The molecule has 2 atom stereocenters. The first kappa shape index (κ1) is 15.1. The first-order valence-corrected chi connectivity index (χ1v) is 7.27. The molecule has 2 unspecified atom stereocenters. The van der Waals surface area contributed by atoms with Crippen molar-refractivity contribution in [2.75, 3.05) is 19.6 Å². The molecule has 0 spiro atoms. The number of halogens is 3. The summed E-state index contributed by atoms with van der Waals surface area (Å²) in [6, 6.07) is 6.03. The van der Waals surface area contributed by atoms with Crippen molar-refractivity contribution in [1.82, 2.24) is 10.6 Å². The molecule has 4 nitrogen and oxygen atoms in total. The van der Waals surface area contributed by atoms with Crippen LogP contribution in [-0.4, -0.2) is 31.9 Å². The molecule has 1 aliphatic carbocycles. The lowest BCUT2D eigenvalue weighted by molar-refractivity contribution is -0.274. The molecule has 1 saturated carbocycles. The van der Waals surface area contributed by atoms with Gasteiger partial charge in [-0.05, 0) is 24.0 Å². The van der Waals surface area contributed by atoms with Crippen LogP contribution < -0.4 is 15.4 Å². The predicted octanol–water partition coefficient (Wildman–Crippen LogP) is 2.02. The first-order valence-electron chi connectivity index (χ1n) is 7.27. The molecule has 0 aromatic heterocycles. The zero-order chi connectivity index (χ0) is 15.7. The van der Waals surface area contributed by atoms with Crippen molar-refractivity contribution in [2.45, 2.75) is 18.7 Å². The molecule has 1 amide bonds. The van der Waals surface area contributed by atoms with Gasteiger partial charge in [0.1, 0.15) is 5.75 Å². The van der Waals surface area contributed by atoms with Gasteiger partial charge < -0.3 is 15.4 Å². The lowest BCUT2D eigenvalue weighted by Crippen LogP contribution is -2.48. The van der Waals surface area contributed by atoms with E-state index < -0.39 is 6.36 Å². The standard InChI is InChI=1S/C15H17F3N2O2/c16-15(17,18)22-13-4-2-1-3-10(13)11-5-12(11)14(21)20-8-9-6-19-7-9/h1-4,9,11-12,19H,5-8H2,(H,20,21). The molecular weight excluding hydrogens is 297 g/mol. The number of hydrogen-bond acceptors (Lipinski definition) is 3.